The Hall–Kier alpha value is -1.96. The molecule has 0 unspecified atom stereocenters. The van der Waals surface area contributed by atoms with Crippen molar-refractivity contribution in [3.8, 4) is 11.5 Å². The Kier molecular flexibility index (Phi) is 3.76. The van der Waals surface area contributed by atoms with Crippen LogP contribution in [0.25, 0.3) is 0 Å². The SMILES string of the molecule is Cc1ccc(O)c(Cc2c(C)c(C)c(C)c(C)c2O)c1. The molecule has 106 valence electrons. The van der Waals surface area contributed by atoms with Crippen molar-refractivity contribution in [3.05, 3.63) is 57.1 Å². The van der Waals surface area contributed by atoms with Gasteiger partial charge in [-0.05, 0) is 68.5 Å². The summed E-state index contributed by atoms with van der Waals surface area (Å²) in [4.78, 5) is 0. The quantitative estimate of drug-likeness (QED) is 0.857. The van der Waals surface area contributed by atoms with Crippen molar-refractivity contribution < 1.29 is 10.2 Å². The molecule has 0 saturated carbocycles. The van der Waals surface area contributed by atoms with Gasteiger partial charge in [0.2, 0.25) is 0 Å². The van der Waals surface area contributed by atoms with Gasteiger partial charge in [-0.2, -0.15) is 0 Å². The first-order chi connectivity index (χ1) is 9.32. The summed E-state index contributed by atoms with van der Waals surface area (Å²) in [5.74, 6) is 0.636. The maximum atomic E-state index is 10.4. The summed E-state index contributed by atoms with van der Waals surface area (Å²) in [5, 5.41) is 20.4. The van der Waals surface area contributed by atoms with Crippen LogP contribution < -0.4 is 0 Å². The molecule has 2 N–H and O–H groups in total. The van der Waals surface area contributed by atoms with Crippen LogP contribution in [0.1, 0.15) is 38.9 Å². The van der Waals surface area contributed by atoms with E-state index >= 15 is 0 Å². The molecule has 2 heteroatoms. The number of aromatic hydroxyl groups is 2. The summed E-state index contributed by atoms with van der Waals surface area (Å²) in [7, 11) is 0. The van der Waals surface area contributed by atoms with Crippen LogP contribution in [-0.2, 0) is 6.42 Å². The van der Waals surface area contributed by atoms with Crippen molar-refractivity contribution in [1.29, 1.82) is 0 Å². The van der Waals surface area contributed by atoms with Crippen molar-refractivity contribution in [3.63, 3.8) is 0 Å². The fourth-order valence-electron chi connectivity index (χ4n) is 2.63. The zero-order valence-electron chi connectivity index (χ0n) is 12.8. The third-order valence-corrected chi connectivity index (χ3v) is 4.38. The van der Waals surface area contributed by atoms with E-state index in [2.05, 4.69) is 6.92 Å². The van der Waals surface area contributed by atoms with Crippen molar-refractivity contribution in [2.45, 2.75) is 41.0 Å². The highest BCUT2D eigenvalue weighted by molar-refractivity contribution is 5.55. The van der Waals surface area contributed by atoms with Gasteiger partial charge in [-0.25, -0.2) is 0 Å². The third kappa shape index (κ3) is 2.38. The molecule has 0 spiro atoms. The first kappa shape index (κ1) is 14.4. The Morgan fingerprint density at radius 3 is 2.05 bits per heavy atom. The maximum absolute atomic E-state index is 10.4. The fraction of sp³-hybridized carbons (Fsp3) is 0.333. The minimum absolute atomic E-state index is 0.283. The van der Waals surface area contributed by atoms with Gasteiger partial charge in [-0.1, -0.05) is 17.7 Å². The molecule has 0 heterocycles. The zero-order chi connectivity index (χ0) is 15.0. The van der Waals surface area contributed by atoms with E-state index in [-0.39, 0.29) is 5.75 Å². The molecule has 0 aromatic heterocycles. The number of hydrogen-bond donors (Lipinski definition) is 2. The fourth-order valence-corrected chi connectivity index (χ4v) is 2.63. The third-order valence-electron chi connectivity index (χ3n) is 4.38. The van der Waals surface area contributed by atoms with E-state index in [1.807, 2.05) is 39.8 Å². The van der Waals surface area contributed by atoms with Crippen molar-refractivity contribution in [2.75, 3.05) is 0 Å². The predicted octanol–water partition coefficient (Wildman–Crippen LogP) is 4.23. The molecule has 0 aliphatic carbocycles. The van der Waals surface area contributed by atoms with Crippen LogP contribution in [0.2, 0.25) is 0 Å². The standard InChI is InChI=1S/C18H22O2/c1-10-6-7-17(19)15(8-10)9-16-13(4)11(2)12(3)14(5)18(16)20/h6-8,19-20H,9H2,1-5H3. The molecule has 0 atom stereocenters. The van der Waals surface area contributed by atoms with Crippen LogP contribution in [0.4, 0.5) is 0 Å². The number of phenolic OH excluding ortho intramolecular Hbond substituents is 2. The molecule has 0 radical (unpaired) electrons. The molecule has 2 aromatic rings. The van der Waals surface area contributed by atoms with Gasteiger partial charge in [-0.3, -0.25) is 0 Å². The Morgan fingerprint density at radius 1 is 0.800 bits per heavy atom. The lowest BCUT2D eigenvalue weighted by atomic mass is 9.89. The molecule has 2 aromatic carbocycles. The van der Waals surface area contributed by atoms with Gasteiger partial charge in [0.15, 0.2) is 0 Å². The Morgan fingerprint density at radius 2 is 1.40 bits per heavy atom. The van der Waals surface area contributed by atoms with Gasteiger partial charge in [0.1, 0.15) is 11.5 Å². The van der Waals surface area contributed by atoms with Gasteiger partial charge in [0, 0.05) is 12.0 Å². The van der Waals surface area contributed by atoms with Crippen molar-refractivity contribution in [2.24, 2.45) is 0 Å². The summed E-state index contributed by atoms with van der Waals surface area (Å²) in [6, 6.07) is 5.57. The molecular formula is C18H22O2. The first-order valence-electron chi connectivity index (χ1n) is 6.89. The molecule has 2 rings (SSSR count). The van der Waals surface area contributed by atoms with Gasteiger partial charge in [0.25, 0.3) is 0 Å². The lowest BCUT2D eigenvalue weighted by molar-refractivity contribution is 0.459. The van der Waals surface area contributed by atoms with Gasteiger partial charge < -0.3 is 10.2 Å². The van der Waals surface area contributed by atoms with Gasteiger partial charge in [0.05, 0.1) is 0 Å². The summed E-state index contributed by atoms with van der Waals surface area (Å²) in [5.41, 5.74) is 7.24. The van der Waals surface area contributed by atoms with Crippen LogP contribution in [0, 0.1) is 34.6 Å². The van der Waals surface area contributed by atoms with E-state index in [9.17, 15) is 10.2 Å². The minimum atomic E-state index is 0.283. The normalized spacial score (nSPS) is 10.8. The second-order valence-electron chi connectivity index (χ2n) is 5.64. The van der Waals surface area contributed by atoms with E-state index in [1.165, 1.54) is 5.56 Å². The molecule has 0 aliphatic heterocycles. The average Bonchev–Trinajstić information content (AvgIpc) is 2.43. The monoisotopic (exact) mass is 270 g/mol. The smallest absolute Gasteiger partial charge is 0.122 e. The molecule has 0 saturated heterocycles. The van der Waals surface area contributed by atoms with Gasteiger partial charge >= 0.3 is 0 Å². The molecule has 0 fully saturated rings. The topological polar surface area (TPSA) is 40.5 Å². The molecule has 0 aliphatic rings. The summed E-state index contributed by atoms with van der Waals surface area (Å²) in [6.07, 6.45) is 0.549. The van der Waals surface area contributed by atoms with Crippen molar-refractivity contribution >= 4 is 0 Å². The largest absolute Gasteiger partial charge is 0.508 e. The van der Waals surface area contributed by atoms with Crippen LogP contribution in [0.5, 0.6) is 11.5 Å². The number of aryl methyl sites for hydroxylation is 1. The average molecular weight is 270 g/mol. The lowest BCUT2D eigenvalue weighted by Gasteiger charge is -2.18. The van der Waals surface area contributed by atoms with E-state index in [4.69, 9.17) is 0 Å². The first-order valence-corrected chi connectivity index (χ1v) is 6.89. The second kappa shape index (κ2) is 5.20. The number of rotatable bonds is 2. The lowest BCUT2D eigenvalue weighted by Crippen LogP contribution is -2.01. The van der Waals surface area contributed by atoms with E-state index in [1.54, 1.807) is 6.07 Å². The molecule has 20 heavy (non-hydrogen) atoms. The van der Waals surface area contributed by atoms with Crippen LogP contribution in [0.3, 0.4) is 0 Å². The molecule has 0 amide bonds. The summed E-state index contributed by atoms with van der Waals surface area (Å²) >= 11 is 0. The molecule has 2 nitrogen and oxygen atoms in total. The molecule has 0 bridgehead atoms. The number of hydrogen-bond acceptors (Lipinski definition) is 2. The second-order valence-corrected chi connectivity index (χ2v) is 5.64. The minimum Gasteiger partial charge on any atom is -0.508 e. The Labute approximate surface area is 120 Å². The maximum Gasteiger partial charge on any atom is 0.122 e. The van der Waals surface area contributed by atoms with E-state index in [0.29, 0.717) is 12.2 Å². The predicted molar refractivity (Wildman–Crippen MR) is 82.7 cm³/mol. The summed E-state index contributed by atoms with van der Waals surface area (Å²) < 4.78 is 0. The Balaban J connectivity index is 2.57. The van der Waals surface area contributed by atoms with Gasteiger partial charge in [-0.15, -0.1) is 0 Å². The highest BCUT2D eigenvalue weighted by atomic mass is 16.3. The highest BCUT2D eigenvalue weighted by Crippen LogP contribution is 2.34. The number of benzene rings is 2. The zero-order valence-corrected chi connectivity index (χ0v) is 12.8. The van der Waals surface area contributed by atoms with Crippen LogP contribution >= 0.6 is 0 Å². The van der Waals surface area contributed by atoms with Crippen LogP contribution in [-0.4, -0.2) is 10.2 Å². The highest BCUT2D eigenvalue weighted by Gasteiger charge is 2.16. The van der Waals surface area contributed by atoms with E-state index < -0.39 is 0 Å². The Bertz CT molecular complexity index is 641. The van der Waals surface area contributed by atoms with Crippen LogP contribution in [0.15, 0.2) is 18.2 Å². The summed E-state index contributed by atoms with van der Waals surface area (Å²) in [6.45, 7) is 10.1. The van der Waals surface area contributed by atoms with E-state index in [0.717, 1.165) is 33.4 Å². The molecular weight excluding hydrogens is 248 g/mol. The van der Waals surface area contributed by atoms with Crippen molar-refractivity contribution in [1.82, 2.24) is 0 Å². The number of phenols is 2.